The van der Waals surface area contributed by atoms with E-state index in [9.17, 15) is 23.3 Å². The topological polar surface area (TPSA) is 147 Å². The molecule has 152 valence electrons. The summed E-state index contributed by atoms with van der Waals surface area (Å²) < 4.78 is 30.3. The van der Waals surface area contributed by atoms with E-state index in [0.717, 1.165) is 12.1 Å². The van der Waals surface area contributed by atoms with Crippen LogP contribution < -0.4 is 15.4 Å². The van der Waals surface area contributed by atoms with Crippen molar-refractivity contribution in [1.29, 1.82) is 0 Å². The first-order valence-corrected chi connectivity index (χ1v) is 10.2. The lowest BCUT2D eigenvalue weighted by atomic mass is 10.1. The van der Waals surface area contributed by atoms with Gasteiger partial charge in [-0.3, -0.25) is 14.9 Å². The third kappa shape index (κ3) is 3.92. The van der Waals surface area contributed by atoms with E-state index in [4.69, 9.17) is 21.5 Å². The summed E-state index contributed by atoms with van der Waals surface area (Å²) in [6, 6.07) is 8.40. The Morgan fingerprint density at radius 2 is 2.00 bits per heavy atom. The minimum absolute atomic E-state index is 0.0224. The normalized spacial score (nSPS) is 11.6. The Hall–Kier alpha value is -3.02. The molecule has 2 aromatic carbocycles. The summed E-state index contributed by atoms with van der Waals surface area (Å²) in [6.45, 7) is 2.24. The third-order valence-corrected chi connectivity index (χ3v) is 5.09. The van der Waals surface area contributed by atoms with Gasteiger partial charge in [0, 0.05) is 6.07 Å². The highest BCUT2D eigenvalue weighted by molar-refractivity contribution is 7.87. The maximum atomic E-state index is 12.9. The molecule has 0 aliphatic rings. The number of halogens is 1. The van der Waals surface area contributed by atoms with Crippen molar-refractivity contribution in [2.75, 3.05) is 6.61 Å². The fourth-order valence-electron chi connectivity index (χ4n) is 2.72. The molecule has 0 bridgehead atoms. The Balaban J connectivity index is 2.44. The van der Waals surface area contributed by atoms with Crippen LogP contribution >= 0.6 is 11.6 Å². The first-order valence-electron chi connectivity index (χ1n) is 8.31. The Kier molecular flexibility index (Phi) is 5.55. The van der Waals surface area contributed by atoms with Crippen molar-refractivity contribution in [3.05, 3.63) is 61.9 Å². The summed E-state index contributed by atoms with van der Waals surface area (Å²) in [5.41, 5.74) is -1.45. The zero-order valence-corrected chi connectivity index (χ0v) is 16.6. The van der Waals surface area contributed by atoms with E-state index in [1.54, 1.807) is 18.2 Å². The summed E-state index contributed by atoms with van der Waals surface area (Å²) >= 11 is 5.92. The minimum Gasteiger partial charge on any atom is -0.493 e. The molecule has 3 aromatic rings. The van der Waals surface area contributed by atoms with Gasteiger partial charge in [-0.25, -0.2) is 10.1 Å². The molecule has 12 heteroatoms. The number of hydrogen-bond donors (Lipinski definition) is 1. The van der Waals surface area contributed by atoms with Gasteiger partial charge in [0.2, 0.25) is 0 Å². The van der Waals surface area contributed by atoms with Crippen LogP contribution in [0.5, 0.6) is 5.75 Å². The maximum Gasteiger partial charge on any atom is 0.307 e. The second-order valence-electron chi connectivity index (χ2n) is 5.97. The van der Waals surface area contributed by atoms with E-state index in [2.05, 4.69) is 4.98 Å². The van der Waals surface area contributed by atoms with Crippen LogP contribution in [-0.2, 0) is 10.2 Å². The van der Waals surface area contributed by atoms with E-state index in [0.29, 0.717) is 22.7 Å². The van der Waals surface area contributed by atoms with Gasteiger partial charge in [0.15, 0.2) is 5.82 Å². The molecular formula is C17H15ClN4O6S. The minimum atomic E-state index is -4.60. The molecule has 29 heavy (non-hydrogen) atoms. The fraction of sp³-hybridized carbons (Fsp3) is 0.176. The van der Waals surface area contributed by atoms with E-state index in [-0.39, 0.29) is 27.3 Å². The summed E-state index contributed by atoms with van der Waals surface area (Å²) in [5, 5.41) is 15.8. The van der Waals surface area contributed by atoms with Crippen molar-refractivity contribution >= 4 is 38.4 Å². The van der Waals surface area contributed by atoms with Crippen molar-refractivity contribution in [1.82, 2.24) is 8.96 Å². The zero-order chi connectivity index (χ0) is 21.3. The van der Waals surface area contributed by atoms with E-state index in [1.165, 1.54) is 6.07 Å². The molecule has 0 saturated carbocycles. The number of para-hydroxylation sites is 1. The standard InChI is InChI=1S/C17H15ClN4O6S/c1-2-7-28-15-6-4-3-5-10(15)16-20-13-9-12(18)14(22(24)25)8-11(13)17(23)21(16)29(19,26)27/h3-6,8-9H,2,7H2,1H3,(H2,19,26,27). The molecule has 0 spiro atoms. The first kappa shape index (κ1) is 20.7. The Morgan fingerprint density at radius 1 is 1.31 bits per heavy atom. The lowest BCUT2D eigenvalue weighted by molar-refractivity contribution is -0.384. The number of benzene rings is 2. The monoisotopic (exact) mass is 438 g/mol. The highest BCUT2D eigenvalue weighted by Crippen LogP contribution is 2.32. The molecule has 10 nitrogen and oxygen atoms in total. The smallest absolute Gasteiger partial charge is 0.307 e. The van der Waals surface area contributed by atoms with Crippen molar-refractivity contribution in [3.63, 3.8) is 0 Å². The molecule has 0 aliphatic heterocycles. The molecule has 0 fully saturated rings. The van der Waals surface area contributed by atoms with Gasteiger partial charge in [0.25, 0.3) is 11.2 Å². The Labute approximate surface area is 169 Å². The number of nitro groups is 1. The number of hydrogen-bond acceptors (Lipinski definition) is 7. The van der Waals surface area contributed by atoms with Gasteiger partial charge in [-0.05, 0) is 24.6 Å². The molecule has 0 aliphatic carbocycles. The predicted molar refractivity (Wildman–Crippen MR) is 107 cm³/mol. The van der Waals surface area contributed by atoms with Crippen molar-refractivity contribution in [3.8, 4) is 17.1 Å². The lowest BCUT2D eigenvalue weighted by Crippen LogP contribution is -2.34. The summed E-state index contributed by atoms with van der Waals surface area (Å²) in [5.74, 6) is 0.00707. The Morgan fingerprint density at radius 3 is 2.62 bits per heavy atom. The number of nitrogens with zero attached hydrogens (tertiary/aromatic N) is 3. The van der Waals surface area contributed by atoms with Gasteiger partial charge in [-0.2, -0.15) is 12.4 Å². The van der Waals surface area contributed by atoms with Gasteiger partial charge in [-0.15, -0.1) is 0 Å². The van der Waals surface area contributed by atoms with Gasteiger partial charge in [0.05, 0.1) is 28.0 Å². The number of nitro benzene ring substituents is 1. The lowest BCUT2D eigenvalue weighted by Gasteiger charge is -2.15. The molecule has 1 aromatic heterocycles. The van der Waals surface area contributed by atoms with Crippen LogP contribution in [0, 0.1) is 10.1 Å². The summed E-state index contributed by atoms with van der Waals surface area (Å²) in [6.07, 6.45) is 0.695. The van der Waals surface area contributed by atoms with Crippen molar-refractivity contribution < 1.29 is 18.1 Å². The quantitative estimate of drug-likeness (QED) is 0.459. The van der Waals surface area contributed by atoms with Gasteiger partial charge in [-0.1, -0.05) is 30.7 Å². The van der Waals surface area contributed by atoms with E-state index in [1.807, 2.05) is 6.92 Å². The highest BCUT2D eigenvalue weighted by atomic mass is 35.5. The molecular weight excluding hydrogens is 424 g/mol. The van der Waals surface area contributed by atoms with Crippen LogP contribution in [0.15, 0.2) is 41.2 Å². The Bertz CT molecular complexity index is 1290. The average Bonchev–Trinajstić information content (AvgIpc) is 2.64. The van der Waals surface area contributed by atoms with Crippen LogP contribution in [0.25, 0.3) is 22.3 Å². The largest absolute Gasteiger partial charge is 0.493 e. The molecule has 0 unspecified atom stereocenters. The van der Waals surface area contributed by atoms with Crippen molar-refractivity contribution in [2.24, 2.45) is 5.14 Å². The fourth-order valence-corrected chi connectivity index (χ4v) is 3.65. The number of aromatic nitrogens is 2. The van der Waals surface area contributed by atoms with Crippen LogP contribution in [-0.4, -0.2) is 28.9 Å². The molecule has 0 radical (unpaired) electrons. The highest BCUT2D eigenvalue weighted by Gasteiger charge is 2.25. The number of ether oxygens (including phenoxy) is 1. The second kappa shape index (κ2) is 7.78. The first-order chi connectivity index (χ1) is 13.6. The van der Waals surface area contributed by atoms with Crippen LogP contribution in [0.1, 0.15) is 13.3 Å². The maximum absolute atomic E-state index is 12.9. The van der Waals surface area contributed by atoms with Gasteiger partial charge < -0.3 is 4.74 Å². The van der Waals surface area contributed by atoms with Crippen LogP contribution in [0.3, 0.4) is 0 Å². The van der Waals surface area contributed by atoms with Gasteiger partial charge >= 0.3 is 10.2 Å². The molecule has 3 rings (SSSR count). The average molecular weight is 439 g/mol. The second-order valence-corrected chi connectivity index (χ2v) is 7.77. The van der Waals surface area contributed by atoms with Crippen LogP contribution in [0.4, 0.5) is 5.69 Å². The van der Waals surface area contributed by atoms with E-state index >= 15 is 0 Å². The molecule has 0 saturated heterocycles. The third-order valence-electron chi connectivity index (χ3n) is 3.94. The predicted octanol–water partition coefficient (Wildman–Crippen LogP) is 2.47. The number of fused-ring (bicyclic) bond motifs is 1. The number of rotatable bonds is 6. The molecule has 1 heterocycles. The molecule has 0 atom stereocenters. The molecule has 2 N–H and O–H groups in total. The van der Waals surface area contributed by atoms with Crippen molar-refractivity contribution in [2.45, 2.75) is 13.3 Å². The summed E-state index contributed by atoms with van der Waals surface area (Å²) in [4.78, 5) is 27.5. The van der Waals surface area contributed by atoms with E-state index < -0.39 is 26.4 Å². The summed E-state index contributed by atoms with van der Waals surface area (Å²) in [7, 11) is -4.60. The number of nitrogens with two attached hydrogens (primary N) is 1. The van der Waals surface area contributed by atoms with Crippen LogP contribution in [0.2, 0.25) is 5.02 Å². The SMILES string of the molecule is CCCOc1ccccc1-c1nc2cc(Cl)c([N+](=O)[O-])cc2c(=O)n1S(N)(=O)=O. The zero-order valence-electron chi connectivity index (χ0n) is 15.0. The molecule has 0 amide bonds. The van der Waals surface area contributed by atoms with Gasteiger partial charge in [0.1, 0.15) is 10.8 Å².